The van der Waals surface area contributed by atoms with Gasteiger partial charge in [-0.15, -0.1) is 0 Å². The lowest BCUT2D eigenvalue weighted by Gasteiger charge is -2.42. The number of carbonyl (C=O) groups is 2. The van der Waals surface area contributed by atoms with E-state index in [4.69, 9.17) is 29.9 Å². The molecule has 268 valence electrons. The van der Waals surface area contributed by atoms with E-state index < -0.39 is 5.92 Å². The fourth-order valence-electron chi connectivity index (χ4n) is 6.27. The van der Waals surface area contributed by atoms with E-state index >= 15 is 0 Å². The van der Waals surface area contributed by atoms with Crippen LogP contribution in [0, 0.1) is 11.8 Å². The van der Waals surface area contributed by atoms with Crippen LogP contribution in [0.1, 0.15) is 129 Å². The normalized spacial score (nSPS) is 21.5. The van der Waals surface area contributed by atoms with Crippen molar-refractivity contribution in [3.63, 3.8) is 0 Å². The van der Waals surface area contributed by atoms with Crippen LogP contribution in [-0.4, -0.2) is 85.6 Å². The Morgan fingerprint density at radius 3 is 2.45 bits per heavy atom. The Balaban J connectivity index is 0.00000185. The molecule has 1 aromatic rings. The van der Waals surface area contributed by atoms with Gasteiger partial charge in [-0.05, 0) is 58.4 Å². The average molecular weight is 660 g/mol. The predicted octanol–water partition coefficient (Wildman–Crippen LogP) is 6.06. The van der Waals surface area contributed by atoms with E-state index in [9.17, 15) is 9.59 Å². The number of methoxy groups -OCH3 is 1. The zero-order valence-corrected chi connectivity index (χ0v) is 31.0. The molecule has 2 fully saturated rings. The molecule has 1 saturated heterocycles. The molecule has 4 rings (SSSR count). The maximum atomic E-state index is 13.7. The van der Waals surface area contributed by atoms with Gasteiger partial charge in [0.15, 0.2) is 11.6 Å². The van der Waals surface area contributed by atoms with E-state index in [2.05, 4.69) is 24.1 Å². The minimum absolute atomic E-state index is 0.0225. The Labute approximate surface area is 285 Å². The number of carbonyl (C=O) groups excluding carboxylic acids is 2. The van der Waals surface area contributed by atoms with Gasteiger partial charge in [0.25, 0.3) is 0 Å². The van der Waals surface area contributed by atoms with Crippen LogP contribution in [0.25, 0.3) is 5.70 Å². The van der Waals surface area contributed by atoms with Crippen molar-refractivity contribution in [1.82, 2.24) is 20.2 Å². The van der Waals surface area contributed by atoms with Crippen LogP contribution in [0.5, 0.6) is 5.88 Å². The van der Waals surface area contributed by atoms with Gasteiger partial charge in [0.2, 0.25) is 5.88 Å². The zero-order chi connectivity index (χ0) is 34.9. The first kappa shape index (κ1) is 40.8. The van der Waals surface area contributed by atoms with Gasteiger partial charge in [-0.2, -0.15) is 4.98 Å². The van der Waals surface area contributed by atoms with Crippen molar-refractivity contribution in [2.24, 2.45) is 17.6 Å². The molecular formula is C37H65N5O5. The monoisotopic (exact) mass is 659 g/mol. The summed E-state index contributed by atoms with van der Waals surface area (Å²) in [5.41, 5.74) is 9.44. The lowest BCUT2D eigenvalue weighted by molar-refractivity contribution is -0.132. The minimum Gasteiger partial charge on any atom is -0.477 e. The third kappa shape index (κ3) is 11.3. The van der Waals surface area contributed by atoms with Gasteiger partial charge in [-0.3, -0.25) is 14.5 Å². The summed E-state index contributed by atoms with van der Waals surface area (Å²) < 4.78 is 17.5. The average Bonchev–Trinajstić information content (AvgIpc) is 3.08. The van der Waals surface area contributed by atoms with Crippen molar-refractivity contribution in [3.8, 4) is 5.88 Å². The Hall–Kier alpha value is -2.40. The van der Waals surface area contributed by atoms with Crippen LogP contribution >= 0.6 is 0 Å². The van der Waals surface area contributed by atoms with E-state index in [1.54, 1.807) is 7.11 Å². The van der Waals surface area contributed by atoms with Gasteiger partial charge in [-0.25, -0.2) is 4.98 Å². The maximum Gasteiger partial charge on any atom is 0.221 e. The highest BCUT2D eigenvalue weighted by Gasteiger charge is 2.37. The van der Waals surface area contributed by atoms with E-state index in [1.807, 2.05) is 41.7 Å². The molecule has 4 atom stereocenters. The first-order valence-electron chi connectivity index (χ1n) is 18.3. The molecule has 3 N–H and O–H groups in total. The molecule has 1 aliphatic carbocycles. The van der Waals surface area contributed by atoms with Crippen LogP contribution in [0.15, 0.2) is 5.57 Å². The van der Waals surface area contributed by atoms with E-state index in [1.165, 1.54) is 0 Å². The number of hydrogen-bond acceptors (Lipinski definition) is 10. The summed E-state index contributed by atoms with van der Waals surface area (Å²) in [6, 6.07) is 0.801. The minimum atomic E-state index is -0.615. The van der Waals surface area contributed by atoms with Crippen molar-refractivity contribution in [3.05, 3.63) is 22.7 Å². The molecule has 10 nitrogen and oxygen atoms in total. The fraction of sp³-hybridized carbons (Fsp3) is 0.784. The Bertz CT molecular complexity index is 1140. The van der Waals surface area contributed by atoms with Crippen LogP contribution in [0.3, 0.4) is 0 Å². The second kappa shape index (κ2) is 21.5. The number of allylic oxidation sites excluding steroid dienone is 1. The highest BCUT2D eigenvalue weighted by atomic mass is 16.5. The number of fused-ring (bicyclic) bond motifs is 1. The van der Waals surface area contributed by atoms with Crippen LogP contribution in [0.2, 0.25) is 0 Å². The number of hydrogen-bond donors (Lipinski definition) is 2. The molecule has 0 aromatic carbocycles. The summed E-state index contributed by atoms with van der Waals surface area (Å²) >= 11 is 0. The zero-order valence-electron chi connectivity index (χ0n) is 31.0. The highest BCUT2D eigenvalue weighted by molar-refractivity contribution is 6.13. The van der Waals surface area contributed by atoms with Gasteiger partial charge in [-0.1, -0.05) is 54.4 Å². The lowest BCUT2D eigenvalue weighted by Crippen LogP contribution is -2.51. The summed E-state index contributed by atoms with van der Waals surface area (Å²) in [4.78, 5) is 38.9. The summed E-state index contributed by atoms with van der Waals surface area (Å²) in [5.74, 6) is 0.544. The summed E-state index contributed by atoms with van der Waals surface area (Å²) in [7, 11) is 3.70. The first-order chi connectivity index (χ1) is 22.8. The Morgan fingerprint density at radius 2 is 1.85 bits per heavy atom. The molecule has 47 heavy (non-hydrogen) atoms. The SMILES string of the molecule is CC.CC.CCC/C(C(=O)[C@H]1CCCCC1=O)=C(/N)c1nc(OC[C@@H](C)CC[C@H](C)NC)c2c(n1)[C@@H](CCOC)CN(C1COC1)C2. The van der Waals surface area contributed by atoms with Crippen LogP contribution in [-0.2, 0) is 25.6 Å². The lowest BCUT2D eigenvalue weighted by atomic mass is 9.81. The number of nitrogens with zero attached hydrogens (tertiary/aromatic N) is 3. The fourth-order valence-corrected chi connectivity index (χ4v) is 6.27. The van der Waals surface area contributed by atoms with Crippen molar-refractivity contribution < 1.29 is 23.8 Å². The summed E-state index contributed by atoms with van der Waals surface area (Å²) in [6.45, 7) is 18.5. The predicted molar refractivity (Wildman–Crippen MR) is 189 cm³/mol. The first-order valence-corrected chi connectivity index (χ1v) is 18.3. The van der Waals surface area contributed by atoms with E-state index in [-0.39, 0.29) is 23.2 Å². The molecule has 0 unspecified atom stereocenters. The molecule has 1 aromatic heterocycles. The molecule has 0 spiro atoms. The molecule has 0 radical (unpaired) electrons. The molecule has 3 aliphatic rings. The number of ether oxygens (including phenoxy) is 3. The topological polar surface area (TPSA) is 129 Å². The second-order valence-electron chi connectivity index (χ2n) is 12.8. The number of nitrogens with one attached hydrogen (secondary N) is 1. The number of aromatic nitrogens is 2. The van der Waals surface area contributed by atoms with E-state index in [0.717, 1.165) is 69.5 Å². The largest absolute Gasteiger partial charge is 0.477 e. The standard InChI is InChI=1S/C33H53N5O5.2C2H6/c1-6-9-26(31(40)25-10-7-8-11-28(25)39)29(34)32-36-30-23(14-15-41-5)16-38(24-19-42-20-24)17-27(30)33(37-32)43-18-21(2)12-13-22(3)35-4;2*1-2/h21-25,35H,6-20,34H2,1-5H3;2*1-2H3/b29-26-;;/t21-,22-,23-,25-;;/m0../s1. The third-order valence-corrected chi connectivity index (χ3v) is 9.34. The summed E-state index contributed by atoms with van der Waals surface area (Å²) in [5, 5.41) is 3.30. The van der Waals surface area contributed by atoms with Crippen molar-refractivity contribution in [1.29, 1.82) is 0 Å². The van der Waals surface area contributed by atoms with Crippen molar-refractivity contribution in [2.45, 2.75) is 131 Å². The number of nitrogens with two attached hydrogens (primary N) is 1. The van der Waals surface area contributed by atoms with Gasteiger partial charge >= 0.3 is 0 Å². The van der Waals surface area contributed by atoms with Crippen molar-refractivity contribution in [2.75, 3.05) is 47.1 Å². The number of ketones is 2. The molecule has 3 heterocycles. The number of Topliss-reactive ketones (excluding diaryl/α,β-unsaturated/α-hetero) is 2. The van der Waals surface area contributed by atoms with Gasteiger partial charge in [0, 0.05) is 50.8 Å². The van der Waals surface area contributed by atoms with Gasteiger partial charge < -0.3 is 25.3 Å². The van der Waals surface area contributed by atoms with Crippen LogP contribution < -0.4 is 15.8 Å². The molecule has 0 amide bonds. The Morgan fingerprint density at radius 1 is 1.13 bits per heavy atom. The highest BCUT2D eigenvalue weighted by Crippen LogP contribution is 2.37. The molecule has 0 bridgehead atoms. The van der Waals surface area contributed by atoms with Crippen molar-refractivity contribution >= 4 is 17.3 Å². The van der Waals surface area contributed by atoms with Gasteiger partial charge in [0.05, 0.1) is 48.7 Å². The third-order valence-electron chi connectivity index (χ3n) is 9.34. The van der Waals surface area contributed by atoms with Crippen LogP contribution in [0.4, 0.5) is 0 Å². The van der Waals surface area contributed by atoms with Gasteiger partial charge in [0.1, 0.15) is 5.78 Å². The van der Waals surface area contributed by atoms with E-state index in [0.29, 0.717) is 74.3 Å². The molecule has 1 saturated carbocycles. The summed E-state index contributed by atoms with van der Waals surface area (Å²) in [6.07, 6.45) is 6.85. The second-order valence-corrected chi connectivity index (χ2v) is 12.8. The molecular weight excluding hydrogens is 594 g/mol. The molecule has 10 heteroatoms. The number of rotatable bonds is 16. The Kier molecular flexibility index (Phi) is 18.7. The maximum absolute atomic E-state index is 13.7. The molecule has 2 aliphatic heterocycles. The quantitative estimate of drug-likeness (QED) is 0.160. The smallest absolute Gasteiger partial charge is 0.221 e.